The summed E-state index contributed by atoms with van der Waals surface area (Å²) >= 11 is 0. The second-order valence-corrected chi connectivity index (χ2v) is 3.28. The zero-order valence-electron chi connectivity index (χ0n) is 6.68. The van der Waals surface area contributed by atoms with Crippen molar-refractivity contribution >= 4 is 0 Å². The minimum Gasteiger partial charge on any atom is -0.381 e. The van der Waals surface area contributed by atoms with Crippen molar-refractivity contribution in [1.29, 1.82) is 0 Å². The fourth-order valence-corrected chi connectivity index (χ4v) is 1.31. The maximum absolute atomic E-state index is 5.63. The summed E-state index contributed by atoms with van der Waals surface area (Å²) in [7, 11) is 0. The van der Waals surface area contributed by atoms with E-state index >= 15 is 0 Å². The molecule has 2 N–H and O–H groups in total. The number of rotatable bonds is 3. The van der Waals surface area contributed by atoms with Crippen LogP contribution in [0.3, 0.4) is 0 Å². The van der Waals surface area contributed by atoms with Crippen LogP contribution in [0, 0.1) is 5.92 Å². The molecule has 0 aliphatic carbocycles. The Kier molecular flexibility index (Phi) is 3.16. The summed E-state index contributed by atoms with van der Waals surface area (Å²) in [6, 6.07) is 0.362. The highest BCUT2D eigenvalue weighted by molar-refractivity contribution is 4.66. The standard InChI is InChI=1S/C8H17NO/c1-7(9)2-3-8-4-5-10-6-8/h7-8H,2-6,9H2,1H3. The predicted molar refractivity (Wildman–Crippen MR) is 41.8 cm³/mol. The molecule has 1 heterocycles. The minimum atomic E-state index is 0.362. The van der Waals surface area contributed by atoms with Gasteiger partial charge >= 0.3 is 0 Å². The summed E-state index contributed by atoms with van der Waals surface area (Å²) in [4.78, 5) is 0. The molecule has 1 aliphatic rings. The first-order valence-corrected chi connectivity index (χ1v) is 4.12. The van der Waals surface area contributed by atoms with Gasteiger partial charge in [-0.15, -0.1) is 0 Å². The van der Waals surface area contributed by atoms with E-state index in [2.05, 4.69) is 6.92 Å². The lowest BCUT2D eigenvalue weighted by molar-refractivity contribution is 0.183. The summed E-state index contributed by atoms with van der Waals surface area (Å²) in [6.07, 6.45) is 3.64. The van der Waals surface area contributed by atoms with Crippen LogP contribution in [0.15, 0.2) is 0 Å². The van der Waals surface area contributed by atoms with Crippen molar-refractivity contribution < 1.29 is 4.74 Å². The van der Waals surface area contributed by atoms with E-state index < -0.39 is 0 Å². The maximum Gasteiger partial charge on any atom is 0.0495 e. The summed E-state index contributed by atoms with van der Waals surface area (Å²) in [5.74, 6) is 0.797. The van der Waals surface area contributed by atoms with Gasteiger partial charge in [0.2, 0.25) is 0 Å². The summed E-state index contributed by atoms with van der Waals surface area (Å²) in [6.45, 7) is 3.99. The van der Waals surface area contributed by atoms with Crippen LogP contribution >= 0.6 is 0 Å². The molecule has 2 atom stereocenters. The van der Waals surface area contributed by atoms with Gasteiger partial charge in [0.05, 0.1) is 0 Å². The molecule has 1 aliphatic heterocycles. The monoisotopic (exact) mass is 143 g/mol. The first-order chi connectivity index (χ1) is 4.79. The summed E-state index contributed by atoms with van der Waals surface area (Å²) in [5.41, 5.74) is 5.63. The first kappa shape index (κ1) is 8.02. The molecule has 1 fully saturated rings. The SMILES string of the molecule is CC(N)CCC1CCOC1. The lowest BCUT2D eigenvalue weighted by Crippen LogP contribution is -2.16. The van der Waals surface area contributed by atoms with Gasteiger partial charge in [0.25, 0.3) is 0 Å². The maximum atomic E-state index is 5.63. The third-order valence-corrected chi connectivity index (χ3v) is 2.05. The van der Waals surface area contributed by atoms with Crippen LogP contribution in [0.25, 0.3) is 0 Å². The van der Waals surface area contributed by atoms with Crippen molar-refractivity contribution in [3.63, 3.8) is 0 Å². The Morgan fingerprint density at radius 1 is 1.70 bits per heavy atom. The van der Waals surface area contributed by atoms with Gasteiger partial charge in [-0.25, -0.2) is 0 Å². The van der Waals surface area contributed by atoms with E-state index in [4.69, 9.17) is 10.5 Å². The van der Waals surface area contributed by atoms with Crippen LogP contribution in [0.1, 0.15) is 26.2 Å². The minimum absolute atomic E-state index is 0.362. The largest absolute Gasteiger partial charge is 0.381 e. The Hall–Kier alpha value is -0.0800. The lowest BCUT2D eigenvalue weighted by Gasteiger charge is -2.08. The second kappa shape index (κ2) is 3.94. The molecule has 0 aromatic carbocycles. The van der Waals surface area contributed by atoms with Crippen molar-refractivity contribution in [2.45, 2.75) is 32.2 Å². The normalized spacial score (nSPS) is 28.8. The smallest absolute Gasteiger partial charge is 0.0495 e. The van der Waals surface area contributed by atoms with Gasteiger partial charge in [-0.05, 0) is 32.1 Å². The molecule has 2 unspecified atom stereocenters. The molecule has 2 nitrogen and oxygen atoms in total. The molecule has 10 heavy (non-hydrogen) atoms. The van der Waals surface area contributed by atoms with Gasteiger partial charge < -0.3 is 10.5 Å². The van der Waals surface area contributed by atoms with Crippen molar-refractivity contribution in [1.82, 2.24) is 0 Å². The van der Waals surface area contributed by atoms with Gasteiger partial charge in [-0.2, -0.15) is 0 Å². The molecule has 0 aromatic rings. The Morgan fingerprint density at radius 2 is 2.50 bits per heavy atom. The Bertz CT molecular complexity index is 87.3. The predicted octanol–water partition coefficient (Wildman–Crippen LogP) is 1.15. The Morgan fingerprint density at radius 3 is 3.00 bits per heavy atom. The van der Waals surface area contributed by atoms with E-state index in [0.29, 0.717) is 6.04 Å². The van der Waals surface area contributed by atoms with Crippen molar-refractivity contribution in [3.8, 4) is 0 Å². The molecule has 60 valence electrons. The summed E-state index contributed by atoms with van der Waals surface area (Å²) < 4.78 is 5.25. The first-order valence-electron chi connectivity index (χ1n) is 4.12. The fraction of sp³-hybridized carbons (Fsp3) is 1.00. The Balaban J connectivity index is 2.01. The number of hydrogen-bond acceptors (Lipinski definition) is 2. The van der Waals surface area contributed by atoms with Crippen LogP contribution in [0.2, 0.25) is 0 Å². The van der Waals surface area contributed by atoms with Gasteiger partial charge in [-0.3, -0.25) is 0 Å². The fourth-order valence-electron chi connectivity index (χ4n) is 1.31. The Labute approximate surface area is 62.7 Å². The molecule has 1 saturated heterocycles. The molecule has 1 rings (SSSR count). The molecule has 0 amide bonds. The van der Waals surface area contributed by atoms with E-state index in [1.54, 1.807) is 0 Å². The van der Waals surface area contributed by atoms with Crippen LogP contribution in [0.5, 0.6) is 0 Å². The average Bonchev–Trinajstić information content (AvgIpc) is 2.34. The van der Waals surface area contributed by atoms with Gasteiger partial charge in [0.15, 0.2) is 0 Å². The molecule has 0 spiro atoms. The quantitative estimate of drug-likeness (QED) is 0.643. The second-order valence-electron chi connectivity index (χ2n) is 3.28. The average molecular weight is 143 g/mol. The topological polar surface area (TPSA) is 35.2 Å². The number of ether oxygens (including phenoxy) is 1. The molecule has 0 saturated carbocycles. The highest BCUT2D eigenvalue weighted by Gasteiger charge is 2.15. The zero-order chi connectivity index (χ0) is 7.40. The van der Waals surface area contributed by atoms with Crippen LogP contribution in [0.4, 0.5) is 0 Å². The molecular formula is C8H17NO. The highest BCUT2D eigenvalue weighted by atomic mass is 16.5. The van der Waals surface area contributed by atoms with E-state index in [9.17, 15) is 0 Å². The molecule has 2 heteroatoms. The van der Waals surface area contributed by atoms with Crippen molar-refractivity contribution in [3.05, 3.63) is 0 Å². The van der Waals surface area contributed by atoms with E-state index in [1.165, 1.54) is 12.8 Å². The van der Waals surface area contributed by atoms with Gasteiger partial charge in [0.1, 0.15) is 0 Å². The molecule has 0 aromatic heterocycles. The van der Waals surface area contributed by atoms with Crippen molar-refractivity contribution in [2.75, 3.05) is 13.2 Å². The third kappa shape index (κ3) is 2.67. The molecule has 0 bridgehead atoms. The van der Waals surface area contributed by atoms with Gasteiger partial charge in [-0.1, -0.05) is 0 Å². The zero-order valence-corrected chi connectivity index (χ0v) is 6.68. The summed E-state index contributed by atoms with van der Waals surface area (Å²) in [5, 5.41) is 0. The van der Waals surface area contributed by atoms with Crippen LogP contribution < -0.4 is 5.73 Å². The van der Waals surface area contributed by atoms with Crippen LogP contribution in [-0.4, -0.2) is 19.3 Å². The van der Waals surface area contributed by atoms with Crippen LogP contribution in [-0.2, 0) is 4.74 Å². The van der Waals surface area contributed by atoms with E-state index in [1.807, 2.05) is 0 Å². The third-order valence-electron chi connectivity index (χ3n) is 2.05. The van der Waals surface area contributed by atoms with E-state index in [0.717, 1.165) is 25.6 Å². The van der Waals surface area contributed by atoms with Gasteiger partial charge in [0, 0.05) is 19.3 Å². The number of hydrogen-bond donors (Lipinski definition) is 1. The number of nitrogens with two attached hydrogens (primary N) is 1. The lowest BCUT2D eigenvalue weighted by atomic mass is 10.0. The van der Waals surface area contributed by atoms with Crippen molar-refractivity contribution in [2.24, 2.45) is 11.7 Å². The highest BCUT2D eigenvalue weighted by Crippen LogP contribution is 2.18. The molecule has 0 radical (unpaired) electrons. The van der Waals surface area contributed by atoms with E-state index in [-0.39, 0.29) is 0 Å². The molecular weight excluding hydrogens is 126 g/mol.